The van der Waals surface area contributed by atoms with Crippen LogP contribution >= 0.6 is 0 Å². The molecule has 3 N–H and O–H groups in total. The number of H-pyrrole nitrogens is 1. The molecule has 1 aromatic rings. The number of carbonyl (C=O) groups is 1. The van der Waals surface area contributed by atoms with Gasteiger partial charge in [0.1, 0.15) is 0 Å². The second-order valence-corrected chi connectivity index (χ2v) is 3.85. The lowest BCUT2D eigenvalue weighted by atomic mass is 9.92. The largest absolute Gasteiger partial charge is 0.465 e. The second kappa shape index (κ2) is 3.08. The van der Waals surface area contributed by atoms with E-state index in [-0.39, 0.29) is 5.41 Å². The fraction of sp³-hybridized carbons (Fsp3) is 0.500. The number of hydrogen-bond acceptors (Lipinski definition) is 2. The van der Waals surface area contributed by atoms with Gasteiger partial charge in [-0.05, 0) is 0 Å². The molecule has 1 heterocycles. The van der Waals surface area contributed by atoms with Crippen LogP contribution in [0.25, 0.3) is 0 Å². The normalized spacial score (nSPS) is 11.3. The maximum atomic E-state index is 10.3. The molecule has 72 valence electrons. The molecule has 0 aliphatic heterocycles. The predicted octanol–water partition coefficient (Wildman–Crippen LogP) is 1.80. The predicted molar refractivity (Wildman–Crippen MR) is 48.9 cm³/mol. The SMILES string of the molecule is CC(C)(C)c1cc(NC(=O)O)n[nH]1. The molecular weight excluding hydrogens is 170 g/mol. The topological polar surface area (TPSA) is 78.0 Å². The van der Waals surface area contributed by atoms with Crippen LogP contribution in [0, 0.1) is 0 Å². The Morgan fingerprint density at radius 1 is 1.62 bits per heavy atom. The Morgan fingerprint density at radius 2 is 2.23 bits per heavy atom. The van der Waals surface area contributed by atoms with Crippen molar-refractivity contribution in [2.24, 2.45) is 0 Å². The Bertz CT molecular complexity index is 311. The number of amides is 1. The molecule has 1 rings (SSSR count). The van der Waals surface area contributed by atoms with Crippen LogP contribution in [-0.2, 0) is 5.41 Å². The summed E-state index contributed by atoms with van der Waals surface area (Å²) in [4.78, 5) is 10.3. The summed E-state index contributed by atoms with van der Waals surface area (Å²) in [5, 5.41) is 17.2. The molecule has 0 bridgehead atoms. The fourth-order valence-electron chi connectivity index (χ4n) is 0.880. The van der Waals surface area contributed by atoms with Crippen molar-refractivity contribution in [3.8, 4) is 0 Å². The van der Waals surface area contributed by atoms with Crippen LogP contribution < -0.4 is 5.32 Å². The molecule has 0 aliphatic carbocycles. The molecule has 13 heavy (non-hydrogen) atoms. The molecule has 0 fully saturated rings. The summed E-state index contributed by atoms with van der Waals surface area (Å²) >= 11 is 0. The number of nitrogens with one attached hydrogen (secondary N) is 2. The molecule has 1 amide bonds. The zero-order valence-corrected chi connectivity index (χ0v) is 7.88. The zero-order valence-electron chi connectivity index (χ0n) is 7.88. The van der Waals surface area contributed by atoms with E-state index in [0.717, 1.165) is 5.69 Å². The number of nitrogens with zero attached hydrogens (tertiary/aromatic N) is 1. The first-order chi connectivity index (χ1) is 5.89. The van der Waals surface area contributed by atoms with Crippen molar-refractivity contribution in [3.63, 3.8) is 0 Å². The number of anilines is 1. The smallest absolute Gasteiger partial charge is 0.410 e. The Morgan fingerprint density at radius 3 is 2.62 bits per heavy atom. The van der Waals surface area contributed by atoms with Gasteiger partial charge in [-0.2, -0.15) is 5.10 Å². The summed E-state index contributed by atoms with van der Waals surface area (Å²) in [6, 6.07) is 1.69. The first-order valence-electron chi connectivity index (χ1n) is 3.95. The van der Waals surface area contributed by atoms with Gasteiger partial charge in [0.2, 0.25) is 0 Å². The van der Waals surface area contributed by atoms with Crippen LogP contribution in [0.5, 0.6) is 0 Å². The molecular formula is C8H13N3O2. The van der Waals surface area contributed by atoms with Gasteiger partial charge in [0, 0.05) is 17.2 Å². The summed E-state index contributed by atoms with van der Waals surface area (Å²) in [6.07, 6.45) is -1.10. The van der Waals surface area contributed by atoms with Crippen LogP contribution in [0.1, 0.15) is 26.5 Å². The molecule has 1 aromatic heterocycles. The Kier molecular flexibility index (Phi) is 2.27. The van der Waals surface area contributed by atoms with Gasteiger partial charge in [0.05, 0.1) is 0 Å². The van der Waals surface area contributed by atoms with E-state index >= 15 is 0 Å². The van der Waals surface area contributed by atoms with E-state index in [0.29, 0.717) is 5.82 Å². The van der Waals surface area contributed by atoms with Gasteiger partial charge in [-0.3, -0.25) is 10.4 Å². The van der Waals surface area contributed by atoms with Gasteiger partial charge in [-0.25, -0.2) is 4.79 Å². The third-order valence-corrected chi connectivity index (χ3v) is 1.62. The van der Waals surface area contributed by atoms with E-state index in [2.05, 4.69) is 15.5 Å². The van der Waals surface area contributed by atoms with Gasteiger partial charge in [0.25, 0.3) is 0 Å². The highest BCUT2D eigenvalue weighted by molar-refractivity contribution is 5.81. The van der Waals surface area contributed by atoms with Crippen molar-refractivity contribution in [1.29, 1.82) is 0 Å². The highest BCUT2D eigenvalue weighted by atomic mass is 16.4. The first kappa shape index (κ1) is 9.57. The third kappa shape index (κ3) is 2.47. The van der Waals surface area contributed by atoms with Gasteiger partial charge in [-0.1, -0.05) is 20.8 Å². The Labute approximate surface area is 76.2 Å². The van der Waals surface area contributed by atoms with Crippen molar-refractivity contribution in [2.45, 2.75) is 26.2 Å². The van der Waals surface area contributed by atoms with Crippen molar-refractivity contribution in [3.05, 3.63) is 11.8 Å². The highest BCUT2D eigenvalue weighted by Gasteiger charge is 2.16. The maximum Gasteiger partial charge on any atom is 0.410 e. The second-order valence-electron chi connectivity index (χ2n) is 3.85. The van der Waals surface area contributed by atoms with Crippen molar-refractivity contribution < 1.29 is 9.90 Å². The molecule has 5 nitrogen and oxygen atoms in total. The van der Waals surface area contributed by atoms with Crippen molar-refractivity contribution >= 4 is 11.9 Å². The molecule has 0 saturated carbocycles. The quantitative estimate of drug-likeness (QED) is 0.621. The van der Waals surface area contributed by atoms with Gasteiger partial charge >= 0.3 is 6.09 Å². The first-order valence-corrected chi connectivity index (χ1v) is 3.95. The van der Waals surface area contributed by atoms with Gasteiger partial charge in [-0.15, -0.1) is 0 Å². The molecule has 0 unspecified atom stereocenters. The number of aromatic amines is 1. The number of aromatic nitrogens is 2. The number of rotatable bonds is 1. The van der Waals surface area contributed by atoms with E-state index in [9.17, 15) is 4.79 Å². The minimum Gasteiger partial charge on any atom is -0.465 e. The van der Waals surface area contributed by atoms with Crippen LogP contribution in [0.3, 0.4) is 0 Å². The van der Waals surface area contributed by atoms with E-state index in [1.54, 1.807) is 6.07 Å². The van der Waals surface area contributed by atoms with Crippen LogP contribution in [0.15, 0.2) is 6.07 Å². The molecule has 0 aromatic carbocycles. The van der Waals surface area contributed by atoms with E-state index in [4.69, 9.17) is 5.11 Å². The van der Waals surface area contributed by atoms with E-state index in [1.165, 1.54) is 0 Å². The van der Waals surface area contributed by atoms with E-state index < -0.39 is 6.09 Å². The summed E-state index contributed by atoms with van der Waals surface area (Å²) in [6.45, 7) is 6.06. The van der Waals surface area contributed by atoms with Gasteiger partial charge < -0.3 is 5.11 Å². The van der Waals surface area contributed by atoms with Crippen molar-refractivity contribution in [2.75, 3.05) is 5.32 Å². The van der Waals surface area contributed by atoms with Crippen molar-refractivity contribution in [1.82, 2.24) is 10.2 Å². The van der Waals surface area contributed by atoms with Crippen LogP contribution in [0.2, 0.25) is 0 Å². The summed E-state index contributed by atoms with van der Waals surface area (Å²) in [7, 11) is 0. The summed E-state index contributed by atoms with van der Waals surface area (Å²) < 4.78 is 0. The minimum absolute atomic E-state index is 0.0502. The fourth-order valence-corrected chi connectivity index (χ4v) is 0.880. The molecule has 5 heteroatoms. The molecule has 0 radical (unpaired) electrons. The monoisotopic (exact) mass is 183 g/mol. The molecule has 0 aliphatic rings. The summed E-state index contributed by atoms with van der Waals surface area (Å²) in [5.41, 5.74) is 0.849. The molecule has 0 spiro atoms. The lowest BCUT2D eigenvalue weighted by Gasteiger charge is -2.14. The standard InChI is InChI=1S/C8H13N3O2/c1-8(2,3)5-4-6(11-10-5)9-7(12)13/h4H,1-3H3,(H,12,13)(H2,9,10,11). The summed E-state index contributed by atoms with van der Waals surface area (Å²) in [5.74, 6) is 0.331. The molecule has 0 atom stereocenters. The third-order valence-electron chi connectivity index (χ3n) is 1.62. The lowest BCUT2D eigenvalue weighted by Crippen LogP contribution is -2.11. The lowest BCUT2D eigenvalue weighted by molar-refractivity contribution is 0.209. The zero-order chi connectivity index (χ0) is 10.1. The number of carboxylic acid groups (broad SMARTS) is 1. The minimum atomic E-state index is -1.10. The average molecular weight is 183 g/mol. The number of hydrogen-bond donors (Lipinski definition) is 3. The Balaban J connectivity index is 2.81. The highest BCUT2D eigenvalue weighted by Crippen LogP contribution is 2.21. The average Bonchev–Trinajstić information content (AvgIpc) is 2.32. The van der Waals surface area contributed by atoms with Gasteiger partial charge in [0.15, 0.2) is 5.82 Å². The van der Waals surface area contributed by atoms with Crippen LogP contribution in [0.4, 0.5) is 10.6 Å². The maximum absolute atomic E-state index is 10.3. The Hall–Kier alpha value is -1.52. The van der Waals surface area contributed by atoms with Crippen LogP contribution in [-0.4, -0.2) is 21.4 Å². The van der Waals surface area contributed by atoms with E-state index in [1.807, 2.05) is 20.8 Å². The molecule has 0 saturated heterocycles.